The van der Waals surface area contributed by atoms with Crippen molar-refractivity contribution in [3.05, 3.63) is 47.0 Å². The Morgan fingerprint density at radius 2 is 1.62 bits per heavy atom. The molecule has 8 heteroatoms. The van der Waals surface area contributed by atoms with Crippen molar-refractivity contribution in [3.63, 3.8) is 0 Å². The molecule has 1 fully saturated rings. The number of hydrogen-bond donors (Lipinski definition) is 0. The fraction of sp³-hybridized carbons (Fsp3) is 0.571. The molecule has 0 atom stereocenters. The molecule has 1 aliphatic heterocycles. The quantitative estimate of drug-likeness (QED) is 0.391. The zero-order valence-corrected chi connectivity index (χ0v) is 23.4. The first kappa shape index (κ1) is 29.0. The van der Waals surface area contributed by atoms with E-state index in [4.69, 9.17) is 0 Å². The van der Waals surface area contributed by atoms with Crippen LogP contribution < -0.4 is 4.90 Å². The van der Waals surface area contributed by atoms with Gasteiger partial charge in [0.05, 0.1) is 0 Å². The van der Waals surface area contributed by atoms with Crippen LogP contribution in [0.2, 0.25) is 0 Å². The first-order valence-corrected chi connectivity index (χ1v) is 10.7. The second kappa shape index (κ2) is 15.8. The van der Waals surface area contributed by atoms with E-state index in [0.29, 0.717) is 0 Å². The van der Waals surface area contributed by atoms with Crippen LogP contribution in [0.25, 0.3) is 0 Å². The predicted octanol–water partition coefficient (Wildman–Crippen LogP) is 5.13. The molecular formula is C21H35Br3N4S. The zero-order valence-electron chi connectivity index (χ0n) is 17.5. The van der Waals surface area contributed by atoms with Crippen molar-refractivity contribution in [3.8, 4) is 0 Å². The first-order valence-electron chi connectivity index (χ1n) is 9.89. The van der Waals surface area contributed by atoms with Crippen LogP contribution in [0, 0.1) is 0 Å². The van der Waals surface area contributed by atoms with E-state index in [0.717, 1.165) is 39.0 Å². The summed E-state index contributed by atoms with van der Waals surface area (Å²) in [4.78, 5) is 13.5. The minimum Gasteiger partial charge on any atom is -0.346 e. The Kier molecular flexibility index (Phi) is 15.8. The summed E-state index contributed by atoms with van der Waals surface area (Å²) in [5, 5.41) is 1.21. The molecule has 0 spiro atoms. The van der Waals surface area contributed by atoms with Crippen LogP contribution in [0.15, 0.2) is 36.5 Å². The number of aromatic nitrogens is 1. The van der Waals surface area contributed by atoms with E-state index in [2.05, 4.69) is 70.2 Å². The van der Waals surface area contributed by atoms with Crippen LogP contribution in [0.1, 0.15) is 23.8 Å². The molecule has 0 radical (unpaired) electrons. The summed E-state index contributed by atoms with van der Waals surface area (Å²) in [7, 11) is 2.22. The molecular weight excluding hydrogens is 580 g/mol. The van der Waals surface area contributed by atoms with E-state index in [1.165, 1.54) is 41.6 Å². The van der Waals surface area contributed by atoms with Crippen molar-refractivity contribution in [2.45, 2.75) is 26.2 Å². The smallest absolute Gasteiger partial charge is 0.185 e. The number of nitrogens with zero attached hydrogens (tertiary/aromatic N) is 4. The molecule has 0 saturated carbocycles. The summed E-state index contributed by atoms with van der Waals surface area (Å²) in [5.41, 5.74) is 1.42. The van der Waals surface area contributed by atoms with Gasteiger partial charge in [-0.2, -0.15) is 0 Å². The van der Waals surface area contributed by atoms with Gasteiger partial charge >= 0.3 is 0 Å². The number of hydrogen-bond acceptors (Lipinski definition) is 5. The number of rotatable bonds is 9. The van der Waals surface area contributed by atoms with Crippen LogP contribution in [-0.4, -0.2) is 67.6 Å². The molecule has 4 nitrogen and oxygen atoms in total. The average molecular weight is 615 g/mol. The maximum Gasteiger partial charge on any atom is 0.185 e. The van der Waals surface area contributed by atoms with Gasteiger partial charge in [0.15, 0.2) is 5.13 Å². The first-order chi connectivity index (χ1) is 12.7. The summed E-state index contributed by atoms with van der Waals surface area (Å²) in [6.07, 6.45) is 5.55. The van der Waals surface area contributed by atoms with E-state index in [1.807, 2.05) is 11.3 Å². The van der Waals surface area contributed by atoms with Crippen molar-refractivity contribution in [1.82, 2.24) is 14.8 Å². The third kappa shape index (κ3) is 9.78. The highest BCUT2D eigenvalue weighted by Gasteiger charge is 2.18. The summed E-state index contributed by atoms with van der Waals surface area (Å²) in [6.45, 7) is 10.3. The highest BCUT2D eigenvalue weighted by Crippen LogP contribution is 2.24. The van der Waals surface area contributed by atoms with Gasteiger partial charge in [-0.15, -0.1) is 62.3 Å². The number of piperazine rings is 1. The molecule has 0 amide bonds. The summed E-state index contributed by atoms with van der Waals surface area (Å²) in [5.74, 6) is 0. The highest BCUT2D eigenvalue weighted by molar-refractivity contribution is 8.93. The van der Waals surface area contributed by atoms with Gasteiger partial charge in [-0.1, -0.05) is 37.3 Å². The van der Waals surface area contributed by atoms with Crippen LogP contribution >= 0.6 is 62.3 Å². The van der Waals surface area contributed by atoms with Gasteiger partial charge in [0.2, 0.25) is 0 Å². The zero-order chi connectivity index (χ0) is 18.2. The monoisotopic (exact) mass is 612 g/mol. The lowest BCUT2D eigenvalue weighted by molar-refractivity contribution is 0.258. The fourth-order valence-corrected chi connectivity index (χ4v) is 4.37. The number of thiazole rings is 1. The van der Waals surface area contributed by atoms with E-state index in [1.54, 1.807) is 0 Å². The summed E-state index contributed by atoms with van der Waals surface area (Å²) >= 11 is 1.88. The van der Waals surface area contributed by atoms with Gasteiger partial charge in [0, 0.05) is 50.3 Å². The second-order valence-electron chi connectivity index (χ2n) is 7.23. The van der Waals surface area contributed by atoms with Crippen molar-refractivity contribution in [1.29, 1.82) is 0 Å². The maximum absolute atomic E-state index is 4.69. The molecule has 2 aromatic rings. The topological polar surface area (TPSA) is 22.6 Å². The Hall–Kier alpha value is 0.01000. The van der Waals surface area contributed by atoms with Gasteiger partial charge in [-0.25, -0.2) is 4.98 Å². The fourth-order valence-electron chi connectivity index (χ4n) is 3.42. The molecule has 1 aromatic heterocycles. The summed E-state index contributed by atoms with van der Waals surface area (Å²) in [6, 6.07) is 10.7. The van der Waals surface area contributed by atoms with E-state index in [9.17, 15) is 0 Å². The molecule has 166 valence electrons. The number of anilines is 1. The molecule has 1 aromatic carbocycles. The van der Waals surface area contributed by atoms with Gasteiger partial charge in [-0.05, 0) is 38.4 Å². The molecule has 0 unspecified atom stereocenters. The molecule has 0 N–H and O–H groups in total. The van der Waals surface area contributed by atoms with Gasteiger partial charge < -0.3 is 9.80 Å². The third-order valence-corrected chi connectivity index (χ3v) is 6.21. The Labute approximate surface area is 212 Å². The van der Waals surface area contributed by atoms with Crippen LogP contribution in [0.5, 0.6) is 0 Å². The maximum atomic E-state index is 4.69. The largest absolute Gasteiger partial charge is 0.346 e. The lowest BCUT2D eigenvalue weighted by Gasteiger charge is -2.34. The normalized spacial score (nSPS) is 14.1. The molecule has 1 saturated heterocycles. The number of halogens is 3. The standard InChI is InChI=1S/C21H32N4S.3BrH/c1-3-11-24-14-16-25(17-15-24)21-22-18-20(26-21)10-13-23(2)12-9-19-7-5-4-6-8-19;;;/h4-8,18H,3,9-17H2,1-2H3;3*1H. The van der Waals surface area contributed by atoms with E-state index < -0.39 is 0 Å². The third-order valence-electron chi connectivity index (χ3n) is 5.09. The molecule has 3 rings (SSSR count). The second-order valence-corrected chi connectivity index (χ2v) is 8.32. The van der Waals surface area contributed by atoms with Crippen molar-refractivity contribution < 1.29 is 0 Å². The van der Waals surface area contributed by atoms with Gasteiger partial charge in [0.1, 0.15) is 0 Å². The Morgan fingerprint density at radius 3 is 2.28 bits per heavy atom. The average Bonchev–Trinajstić information content (AvgIpc) is 3.15. The highest BCUT2D eigenvalue weighted by atomic mass is 79.9. The predicted molar refractivity (Wildman–Crippen MR) is 143 cm³/mol. The lowest BCUT2D eigenvalue weighted by Crippen LogP contribution is -2.46. The van der Waals surface area contributed by atoms with Crippen molar-refractivity contribution in [2.24, 2.45) is 0 Å². The van der Waals surface area contributed by atoms with Crippen LogP contribution in [0.3, 0.4) is 0 Å². The van der Waals surface area contributed by atoms with Crippen molar-refractivity contribution >= 4 is 67.4 Å². The summed E-state index contributed by atoms with van der Waals surface area (Å²) < 4.78 is 0. The minimum absolute atomic E-state index is 0. The van der Waals surface area contributed by atoms with E-state index >= 15 is 0 Å². The van der Waals surface area contributed by atoms with Crippen LogP contribution in [-0.2, 0) is 12.8 Å². The molecule has 29 heavy (non-hydrogen) atoms. The molecule has 0 bridgehead atoms. The Morgan fingerprint density at radius 1 is 0.966 bits per heavy atom. The molecule has 1 aliphatic rings. The molecule has 2 heterocycles. The van der Waals surface area contributed by atoms with Crippen molar-refractivity contribution in [2.75, 3.05) is 57.8 Å². The number of benzene rings is 1. The van der Waals surface area contributed by atoms with Gasteiger partial charge in [0.25, 0.3) is 0 Å². The van der Waals surface area contributed by atoms with Crippen LogP contribution in [0.4, 0.5) is 5.13 Å². The van der Waals surface area contributed by atoms with E-state index in [-0.39, 0.29) is 50.9 Å². The lowest BCUT2D eigenvalue weighted by atomic mass is 10.1. The van der Waals surface area contributed by atoms with Gasteiger partial charge in [-0.3, -0.25) is 4.90 Å². The Balaban J connectivity index is 0.00000261. The molecule has 0 aliphatic carbocycles. The minimum atomic E-state index is 0. The SMILES string of the molecule is Br.Br.Br.CCCN1CCN(c2ncc(CCN(C)CCc3ccccc3)s2)CC1. The number of likely N-dealkylation sites (N-methyl/N-ethyl adjacent to an activating group) is 1. The Bertz CT molecular complexity index is 648.